The fraction of sp³-hybridized carbons (Fsp3) is 0.800. The predicted octanol–water partition coefficient (Wildman–Crippen LogP) is 1.32. The van der Waals surface area contributed by atoms with E-state index in [1.165, 1.54) is 6.42 Å². The van der Waals surface area contributed by atoms with E-state index in [-0.39, 0.29) is 0 Å². The van der Waals surface area contributed by atoms with Crippen LogP contribution in [0.3, 0.4) is 0 Å². The van der Waals surface area contributed by atoms with Crippen LogP contribution in [0.1, 0.15) is 39.4 Å². The Morgan fingerprint density at radius 1 is 1.36 bits per heavy atom. The van der Waals surface area contributed by atoms with Gasteiger partial charge in [0.1, 0.15) is 12.9 Å². The maximum Gasteiger partial charge on any atom is 0.191 e. The largest absolute Gasteiger partial charge is 0.383 e. The Balaban J connectivity index is 2.56. The molecule has 0 saturated carbocycles. The van der Waals surface area contributed by atoms with Crippen LogP contribution in [0.15, 0.2) is 11.3 Å². The Kier molecular flexibility index (Phi) is 8.50. The quantitative estimate of drug-likeness (QED) is 0.409. The highest BCUT2D eigenvalue weighted by Crippen LogP contribution is 2.06. The van der Waals surface area contributed by atoms with Gasteiger partial charge in [0, 0.05) is 26.7 Å². The van der Waals surface area contributed by atoms with Crippen LogP contribution < -0.4 is 10.6 Å². The Hall–Kier alpha value is -1.63. The highest BCUT2D eigenvalue weighted by atomic mass is 16.5. The number of hydrogen-bond donors (Lipinski definition) is 2. The minimum Gasteiger partial charge on any atom is -0.383 e. The molecule has 22 heavy (non-hydrogen) atoms. The van der Waals surface area contributed by atoms with E-state index in [2.05, 4.69) is 46.6 Å². The minimum atomic E-state index is 0.371. The van der Waals surface area contributed by atoms with Gasteiger partial charge in [-0.2, -0.15) is 0 Å². The number of methoxy groups -OCH3 is 1. The molecule has 0 bridgehead atoms. The van der Waals surface area contributed by atoms with Crippen LogP contribution in [-0.2, 0) is 18.3 Å². The lowest BCUT2D eigenvalue weighted by Crippen LogP contribution is -2.43. The molecular formula is C15H30N6O. The van der Waals surface area contributed by atoms with Crippen LogP contribution in [0.25, 0.3) is 0 Å². The van der Waals surface area contributed by atoms with Gasteiger partial charge in [0.15, 0.2) is 11.8 Å². The Labute approximate surface area is 133 Å². The van der Waals surface area contributed by atoms with Gasteiger partial charge < -0.3 is 19.9 Å². The van der Waals surface area contributed by atoms with Crippen molar-refractivity contribution >= 4 is 5.96 Å². The molecule has 0 saturated heterocycles. The summed E-state index contributed by atoms with van der Waals surface area (Å²) in [5.41, 5.74) is 0. The summed E-state index contributed by atoms with van der Waals surface area (Å²) in [7, 11) is 3.61. The fourth-order valence-electron chi connectivity index (χ4n) is 1.91. The number of ether oxygens (including phenoxy) is 1. The minimum absolute atomic E-state index is 0.371. The number of aromatic nitrogens is 3. The van der Waals surface area contributed by atoms with E-state index in [0.717, 1.165) is 24.7 Å². The molecule has 126 valence electrons. The van der Waals surface area contributed by atoms with E-state index in [9.17, 15) is 0 Å². The van der Waals surface area contributed by atoms with Crippen molar-refractivity contribution in [1.29, 1.82) is 0 Å². The maximum absolute atomic E-state index is 5.07. The molecule has 0 aliphatic heterocycles. The van der Waals surface area contributed by atoms with Gasteiger partial charge >= 0.3 is 0 Å². The molecule has 0 aromatic carbocycles. The molecule has 7 heteroatoms. The number of guanidine groups is 1. The molecule has 7 nitrogen and oxygen atoms in total. The van der Waals surface area contributed by atoms with Crippen LogP contribution in [0.5, 0.6) is 0 Å². The maximum atomic E-state index is 5.07. The topological polar surface area (TPSA) is 76.4 Å². The number of nitrogens with one attached hydrogen (secondary N) is 2. The fourth-order valence-corrected chi connectivity index (χ4v) is 1.91. The van der Waals surface area contributed by atoms with Crippen molar-refractivity contribution in [3.63, 3.8) is 0 Å². The standard InChI is InChI=1S/C15H30N6O/c1-12(2)6-7-13(3)19-15(16-8-9-22-5)17-10-14-20-18-11-21(14)4/h11-13H,6-10H2,1-5H3,(H2,16,17,19). The van der Waals surface area contributed by atoms with E-state index in [1.807, 2.05) is 11.6 Å². The average Bonchev–Trinajstić information content (AvgIpc) is 2.88. The van der Waals surface area contributed by atoms with Gasteiger partial charge in [-0.05, 0) is 25.7 Å². The Morgan fingerprint density at radius 2 is 2.14 bits per heavy atom. The van der Waals surface area contributed by atoms with Crippen LogP contribution in [0.4, 0.5) is 0 Å². The van der Waals surface area contributed by atoms with Crippen molar-refractivity contribution in [3.8, 4) is 0 Å². The molecule has 1 aromatic heterocycles. The van der Waals surface area contributed by atoms with Crippen molar-refractivity contribution < 1.29 is 4.74 Å². The van der Waals surface area contributed by atoms with E-state index in [4.69, 9.17) is 4.74 Å². The summed E-state index contributed by atoms with van der Waals surface area (Å²) in [4.78, 5) is 4.58. The summed E-state index contributed by atoms with van der Waals surface area (Å²) in [5, 5.41) is 14.6. The number of nitrogens with zero attached hydrogens (tertiary/aromatic N) is 4. The molecule has 1 atom stereocenters. The molecule has 0 aliphatic carbocycles. The molecule has 0 spiro atoms. The molecule has 1 heterocycles. The smallest absolute Gasteiger partial charge is 0.191 e. The second-order valence-corrected chi connectivity index (χ2v) is 5.96. The monoisotopic (exact) mass is 310 g/mol. The summed E-state index contributed by atoms with van der Waals surface area (Å²) >= 11 is 0. The molecule has 0 radical (unpaired) electrons. The third-order valence-electron chi connectivity index (χ3n) is 3.34. The first kappa shape index (κ1) is 18.4. The summed E-state index contributed by atoms with van der Waals surface area (Å²) in [6.45, 7) is 8.52. The van der Waals surface area contributed by atoms with Gasteiger partial charge in [0.2, 0.25) is 0 Å². The van der Waals surface area contributed by atoms with E-state index < -0.39 is 0 Å². The lowest BCUT2D eigenvalue weighted by atomic mass is 10.0. The van der Waals surface area contributed by atoms with E-state index in [0.29, 0.717) is 25.1 Å². The molecular weight excluding hydrogens is 280 g/mol. The SMILES string of the molecule is COCCNC(=NCc1nncn1C)NC(C)CCC(C)C. The molecule has 1 aromatic rings. The van der Waals surface area contributed by atoms with E-state index >= 15 is 0 Å². The molecule has 2 N–H and O–H groups in total. The van der Waals surface area contributed by atoms with Crippen molar-refractivity contribution in [2.75, 3.05) is 20.3 Å². The van der Waals surface area contributed by atoms with Crippen molar-refractivity contribution in [2.24, 2.45) is 18.0 Å². The molecule has 0 amide bonds. The van der Waals surface area contributed by atoms with Crippen LogP contribution in [0.2, 0.25) is 0 Å². The number of aryl methyl sites for hydroxylation is 1. The Bertz CT molecular complexity index is 443. The van der Waals surface area contributed by atoms with Crippen molar-refractivity contribution in [2.45, 2.75) is 46.2 Å². The summed E-state index contributed by atoms with van der Waals surface area (Å²) in [5.74, 6) is 2.34. The van der Waals surface area contributed by atoms with Gasteiger partial charge in [0.25, 0.3) is 0 Å². The molecule has 1 rings (SSSR count). The lowest BCUT2D eigenvalue weighted by molar-refractivity contribution is 0.203. The van der Waals surface area contributed by atoms with Crippen LogP contribution in [0, 0.1) is 5.92 Å². The second-order valence-electron chi connectivity index (χ2n) is 5.96. The molecule has 0 aliphatic rings. The van der Waals surface area contributed by atoms with Gasteiger partial charge in [0.05, 0.1) is 6.61 Å². The number of hydrogen-bond acceptors (Lipinski definition) is 4. The Morgan fingerprint density at radius 3 is 2.73 bits per heavy atom. The third-order valence-corrected chi connectivity index (χ3v) is 3.34. The summed E-state index contributed by atoms with van der Waals surface area (Å²) < 4.78 is 6.95. The summed E-state index contributed by atoms with van der Waals surface area (Å²) in [6.07, 6.45) is 4.00. The first-order valence-electron chi connectivity index (χ1n) is 7.89. The zero-order valence-electron chi connectivity index (χ0n) is 14.5. The predicted molar refractivity (Wildman–Crippen MR) is 88.7 cm³/mol. The van der Waals surface area contributed by atoms with Gasteiger partial charge in [-0.25, -0.2) is 4.99 Å². The van der Waals surface area contributed by atoms with Crippen LogP contribution in [-0.4, -0.2) is 47.0 Å². The lowest BCUT2D eigenvalue weighted by Gasteiger charge is -2.19. The normalized spacial score (nSPS) is 13.5. The second kappa shape index (κ2) is 10.2. The summed E-state index contributed by atoms with van der Waals surface area (Å²) in [6, 6.07) is 0.371. The van der Waals surface area contributed by atoms with Gasteiger partial charge in [-0.3, -0.25) is 0 Å². The highest BCUT2D eigenvalue weighted by molar-refractivity contribution is 5.80. The number of aliphatic imine (C=N–C) groups is 1. The van der Waals surface area contributed by atoms with Crippen molar-refractivity contribution in [1.82, 2.24) is 25.4 Å². The van der Waals surface area contributed by atoms with Crippen molar-refractivity contribution in [3.05, 3.63) is 12.2 Å². The zero-order chi connectivity index (χ0) is 16.4. The van der Waals surface area contributed by atoms with Gasteiger partial charge in [-0.15, -0.1) is 10.2 Å². The number of rotatable bonds is 9. The molecule has 1 unspecified atom stereocenters. The first-order chi connectivity index (χ1) is 10.5. The van der Waals surface area contributed by atoms with E-state index in [1.54, 1.807) is 13.4 Å². The third kappa shape index (κ3) is 7.40. The highest BCUT2D eigenvalue weighted by Gasteiger charge is 2.07. The zero-order valence-corrected chi connectivity index (χ0v) is 14.5. The average molecular weight is 310 g/mol. The first-order valence-corrected chi connectivity index (χ1v) is 7.89. The van der Waals surface area contributed by atoms with Crippen LogP contribution >= 0.6 is 0 Å². The molecule has 0 fully saturated rings. The van der Waals surface area contributed by atoms with Gasteiger partial charge in [-0.1, -0.05) is 13.8 Å².